The van der Waals surface area contributed by atoms with Gasteiger partial charge < -0.3 is 15.2 Å². The molecule has 3 aromatic carbocycles. The van der Waals surface area contributed by atoms with Crippen molar-refractivity contribution < 1.29 is 14.6 Å². The number of hydrogen-bond donors (Lipinski definition) is 2. The van der Waals surface area contributed by atoms with Gasteiger partial charge in [0.05, 0.1) is 23.9 Å². The minimum absolute atomic E-state index is 0.0386. The summed E-state index contributed by atoms with van der Waals surface area (Å²) in [5.74, 6) is -0.492. The number of benzene rings is 3. The van der Waals surface area contributed by atoms with E-state index in [1.165, 1.54) is 6.21 Å². The van der Waals surface area contributed by atoms with Gasteiger partial charge >= 0.3 is 0 Å². The van der Waals surface area contributed by atoms with E-state index in [9.17, 15) is 15.2 Å². The molecule has 0 saturated heterocycles. The van der Waals surface area contributed by atoms with E-state index in [-0.39, 0.29) is 28.5 Å². The van der Waals surface area contributed by atoms with Crippen LogP contribution in [0.1, 0.15) is 28.4 Å². The van der Waals surface area contributed by atoms with Gasteiger partial charge in [0.2, 0.25) is 0 Å². The van der Waals surface area contributed by atoms with E-state index in [0.29, 0.717) is 40.9 Å². The molecule has 0 saturated carbocycles. The van der Waals surface area contributed by atoms with Gasteiger partial charge in [0.25, 0.3) is 5.91 Å². The molecule has 0 fully saturated rings. The van der Waals surface area contributed by atoms with E-state index in [1.807, 2.05) is 36.4 Å². The third kappa shape index (κ3) is 5.36. The molecule has 1 aromatic heterocycles. The fourth-order valence-electron chi connectivity index (χ4n) is 4.40. The van der Waals surface area contributed by atoms with Crippen LogP contribution in [-0.4, -0.2) is 35.9 Å². The number of phenols is 1. The summed E-state index contributed by atoms with van der Waals surface area (Å²) in [5, 5.41) is 34.1. The van der Waals surface area contributed by atoms with E-state index in [1.54, 1.807) is 49.7 Å². The summed E-state index contributed by atoms with van der Waals surface area (Å²) in [5.41, 5.74) is 2.11. The molecule has 0 spiro atoms. The number of anilines is 1. The van der Waals surface area contributed by atoms with Gasteiger partial charge in [0.1, 0.15) is 17.5 Å². The van der Waals surface area contributed by atoms with Crippen LogP contribution < -0.4 is 10.1 Å². The number of nitrogens with zero attached hydrogens (tertiary/aromatic N) is 5. The summed E-state index contributed by atoms with van der Waals surface area (Å²) in [6, 6.07) is 23.5. The Hall–Kier alpha value is -5.36. The molecule has 192 valence electrons. The topological polar surface area (TPSA) is 132 Å². The van der Waals surface area contributed by atoms with Crippen LogP contribution in [0.25, 0.3) is 10.8 Å². The molecule has 0 bridgehead atoms. The molecule has 0 aliphatic carbocycles. The molecule has 1 aliphatic heterocycles. The molecular formula is C30H24N6O3. The predicted molar refractivity (Wildman–Crippen MR) is 149 cm³/mol. The predicted octanol–water partition coefficient (Wildman–Crippen LogP) is 6.32. The number of aromatic hydroxyl groups is 1. The number of hydrogen-bond acceptors (Lipinski definition) is 8. The van der Waals surface area contributed by atoms with Gasteiger partial charge in [0, 0.05) is 41.6 Å². The van der Waals surface area contributed by atoms with E-state index in [2.05, 4.69) is 31.6 Å². The Kier molecular flexibility index (Phi) is 7.37. The molecule has 2 heterocycles. The molecule has 1 aliphatic rings. The lowest BCUT2D eigenvalue weighted by molar-refractivity contribution is 0.102. The maximum atomic E-state index is 13.2. The molecule has 0 radical (unpaired) electrons. The van der Waals surface area contributed by atoms with Crippen LogP contribution in [0.2, 0.25) is 0 Å². The van der Waals surface area contributed by atoms with Crippen molar-refractivity contribution in [2.24, 2.45) is 15.2 Å². The second-order valence-electron chi connectivity index (χ2n) is 8.77. The lowest BCUT2D eigenvalue weighted by Gasteiger charge is -2.15. The number of carbonyl (C=O) groups excluding carboxylic acids is 1. The molecule has 1 unspecified atom stereocenters. The maximum Gasteiger partial charge on any atom is 0.259 e. The summed E-state index contributed by atoms with van der Waals surface area (Å²) in [4.78, 5) is 22.0. The number of aromatic nitrogens is 1. The summed E-state index contributed by atoms with van der Waals surface area (Å²) < 4.78 is 5.17. The summed E-state index contributed by atoms with van der Waals surface area (Å²) >= 11 is 0. The van der Waals surface area contributed by atoms with Crippen molar-refractivity contribution >= 4 is 34.3 Å². The molecule has 9 heteroatoms. The van der Waals surface area contributed by atoms with Crippen LogP contribution in [0.5, 0.6) is 11.5 Å². The van der Waals surface area contributed by atoms with Crippen molar-refractivity contribution in [3.05, 3.63) is 102 Å². The Labute approximate surface area is 224 Å². The average Bonchev–Trinajstić information content (AvgIpc) is 3.19. The smallest absolute Gasteiger partial charge is 0.259 e. The zero-order chi connectivity index (χ0) is 27.2. The van der Waals surface area contributed by atoms with Crippen molar-refractivity contribution in [2.75, 3.05) is 19.0 Å². The lowest BCUT2D eigenvalue weighted by atomic mass is 9.95. The highest BCUT2D eigenvalue weighted by atomic mass is 16.5. The maximum absolute atomic E-state index is 13.2. The standard InChI is InChI=1S/C30H24N6O3/c1-39-22-11-9-21(10-12-22)34-30(38)25-16-19-6-2-3-7-23(19)28(29(25)37)36-35-27-20(17-31)18-32-15-13-24(27)26-8-4-5-14-33-26/h2-12,14,16,18,24,37H,13,15H2,1H3,(H,34,38). The van der Waals surface area contributed by atoms with E-state index >= 15 is 0 Å². The summed E-state index contributed by atoms with van der Waals surface area (Å²) in [6.45, 7) is 0.501. The Balaban J connectivity index is 1.58. The van der Waals surface area contributed by atoms with Crippen LogP contribution in [-0.2, 0) is 0 Å². The van der Waals surface area contributed by atoms with Crippen LogP contribution in [0.3, 0.4) is 0 Å². The second-order valence-corrected chi connectivity index (χ2v) is 8.77. The van der Waals surface area contributed by atoms with Gasteiger partial charge in [-0.25, -0.2) is 0 Å². The molecule has 5 rings (SSSR count). The van der Waals surface area contributed by atoms with Gasteiger partial charge in [-0.3, -0.25) is 14.8 Å². The Morgan fingerprint density at radius 3 is 2.64 bits per heavy atom. The number of carbonyl (C=O) groups is 1. The summed E-state index contributed by atoms with van der Waals surface area (Å²) in [6.07, 6.45) is 3.77. The fourth-order valence-corrected chi connectivity index (χ4v) is 4.40. The summed E-state index contributed by atoms with van der Waals surface area (Å²) in [7, 11) is 1.56. The van der Waals surface area contributed by atoms with Gasteiger partial charge in [0.15, 0.2) is 5.75 Å². The Morgan fingerprint density at radius 2 is 1.90 bits per heavy atom. The fraction of sp³-hybridized carbons (Fsp3) is 0.133. The highest BCUT2D eigenvalue weighted by Gasteiger charge is 2.24. The minimum atomic E-state index is -0.509. The van der Waals surface area contributed by atoms with Crippen molar-refractivity contribution in [1.82, 2.24) is 4.98 Å². The Morgan fingerprint density at radius 1 is 1.10 bits per heavy atom. The number of pyridine rings is 1. The first-order chi connectivity index (χ1) is 19.1. The van der Waals surface area contributed by atoms with Crippen molar-refractivity contribution in [1.29, 1.82) is 5.26 Å². The third-order valence-corrected chi connectivity index (χ3v) is 6.38. The lowest BCUT2D eigenvalue weighted by Crippen LogP contribution is -2.12. The zero-order valence-electron chi connectivity index (χ0n) is 21.1. The number of ether oxygens (including phenoxy) is 1. The first-order valence-corrected chi connectivity index (χ1v) is 12.3. The number of phenolic OH excluding ortho intramolecular Hbond substituents is 1. The Bertz CT molecular complexity index is 1650. The highest BCUT2D eigenvalue weighted by molar-refractivity contribution is 6.11. The number of aliphatic imine (C=N–C) groups is 1. The first-order valence-electron chi connectivity index (χ1n) is 12.3. The van der Waals surface area contributed by atoms with Gasteiger partial charge in [-0.2, -0.15) is 10.4 Å². The second kappa shape index (κ2) is 11.4. The molecule has 1 amide bonds. The molecule has 9 nitrogen and oxygen atoms in total. The van der Waals surface area contributed by atoms with Gasteiger partial charge in [-0.05, 0) is 54.3 Å². The largest absolute Gasteiger partial charge is 0.505 e. The first kappa shape index (κ1) is 25.3. The number of nitriles is 1. The molecule has 4 aromatic rings. The van der Waals surface area contributed by atoms with Crippen molar-refractivity contribution in [3.8, 4) is 17.6 Å². The van der Waals surface area contributed by atoms with E-state index in [0.717, 1.165) is 5.69 Å². The number of nitrogens with one attached hydrogen (secondary N) is 1. The van der Waals surface area contributed by atoms with Gasteiger partial charge in [-0.1, -0.05) is 30.3 Å². The van der Waals surface area contributed by atoms with Crippen LogP contribution >= 0.6 is 0 Å². The SMILES string of the molecule is COc1ccc(NC(=O)c2cc3ccccc3c(N=NC3=C(C#N)C=NCCC3c3ccccn3)c2O)cc1. The molecule has 39 heavy (non-hydrogen) atoms. The van der Waals surface area contributed by atoms with Crippen molar-refractivity contribution in [3.63, 3.8) is 0 Å². The molecule has 1 atom stereocenters. The molecular weight excluding hydrogens is 492 g/mol. The van der Waals surface area contributed by atoms with Crippen molar-refractivity contribution in [2.45, 2.75) is 12.3 Å². The van der Waals surface area contributed by atoms with E-state index < -0.39 is 5.91 Å². The van der Waals surface area contributed by atoms with Gasteiger partial charge in [-0.15, -0.1) is 5.11 Å². The van der Waals surface area contributed by atoms with Crippen LogP contribution in [0.15, 0.2) is 105 Å². The number of methoxy groups -OCH3 is 1. The van der Waals surface area contributed by atoms with Crippen LogP contribution in [0.4, 0.5) is 11.4 Å². The zero-order valence-corrected chi connectivity index (χ0v) is 21.1. The third-order valence-electron chi connectivity index (χ3n) is 6.38. The quantitative estimate of drug-likeness (QED) is 0.289. The average molecular weight is 517 g/mol. The molecule has 2 N–H and O–H groups in total. The normalized spacial score (nSPS) is 15.2. The van der Waals surface area contributed by atoms with Crippen LogP contribution in [0, 0.1) is 11.3 Å². The van der Waals surface area contributed by atoms with E-state index in [4.69, 9.17) is 4.74 Å². The number of rotatable bonds is 6. The number of amides is 1. The number of azo groups is 1. The number of fused-ring (bicyclic) bond motifs is 1. The monoisotopic (exact) mass is 516 g/mol. The highest BCUT2D eigenvalue weighted by Crippen LogP contribution is 2.40. The minimum Gasteiger partial charge on any atom is -0.505 e. The number of allylic oxidation sites excluding steroid dienone is 2.